The molecule has 1 atom stereocenters. The fourth-order valence-electron chi connectivity index (χ4n) is 2.14. The number of rotatable bonds is 6. The summed E-state index contributed by atoms with van der Waals surface area (Å²) in [5.74, 6) is -0.655. The van der Waals surface area contributed by atoms with Gasteiger partial charge in [0.25, 0.3) is 5.91 Å². The van der Waals surface area contributed by atoms with Crippen molar-refractivity contribution in [3.05, 3.63) is 64.1 Å². The summed E-state index contributed by atoms with van der Waals surface area (Å²) in [5.41, 5.74) is 1.16. The maximum absolute atomic E-state index is 12.4. The number of ether oxygens (including phenoxy) is 1. The van der Waals surface area contributed by atoms with Crippen molar-refractivity contribution >= 4 is 27.8 Å². The zero-order chi connectivity index (χ0) is 16.8. The van der Waals surface area contributed by atoms with Gasteiger partial charge in [-0.15, -0.1) is 0 Å². The van der Waals surface area contributed by atoms with E-state index < -0.39 is 12.0 Å². The molecule has 2 aromatic carbocycles. The SMILES string of the molecule is COc1ccc(C(CC(=O)O)NC(=O)c2ccccc2Br)cc1. The van der Waals surface area contributed by atoms with Crippen molar-refractivity contribution in [1.82, 2.24) is 5.32 Å². The first-order chi connectivity index (χ1) is 11.0. The van der Waals surface area contributed by atoms with E-state index in [2.05, 4.69) is 21.2 Å². The van der Waals surface area contributed by atoms with Crippen LogP contribution in [0.2, 0.25) is 0 Å². The molecule has 0 aromatic heterocycles. The Morgan fingerprint density at radius 3 is 2.39 bits per heavy atom. The molecule has 0 radical (unpaired) electrons. The minimum atomic E-state index is -0.988. The summed E-state index contributed by atoms with van der Waals surface area (Å²) in [6, 6.07) is 13.3. The second kappa shape index (κ2) is 7.78. The highest BCUT2D eigenvalue weighted by atomic mass is 79.9. The lowest BCUT2D eigenvalue weighted by Gasteiger charge is -2.18. The second-order valence-corrected chi connectivity index (χ2v) is 5.73. The highest BCUT2D eigenvalue weighted by molar-refractivity contribution is 9.10. The van der Waals surface area contributed by atoms with Crippen molar-refractivity contribution < 1.29 is 19.4 Å². The number of hydrogen-bond donors (Lipinski definition) is 2. The molecular formula is C17H16BrNO4. The highest BCUT2D eigenvalue weighted by Gasteiger charge is 2.20. The number of carboxylic acid groups (broad SMARTS) is 1. The molecule has 2 aromatic rings. The molecule has 0 bridgehead atoms. The van der Waals surface area contributed by atoms with E-state index in [1.807, 2.05) is 0 Å². The quantitative estimate of drug-likeness (QED) is 0.808. The van der Waals surface area contributed by atoms with Gasteiger partial charge in [-0.25, -0.2) is 0 Å². The lowest BCUT2D eigenvalue weighted by molar-refractivity contribution is -0.137. The van der Waals surface area contributed by atoms with Crippen molar-refractivity contribution in [3.8, 4) is 5.75 Å². The number of carboxylic acids is 1. The molecule has 6 heteroatoms. The molecule has 0 fully saturated rings. The average Bonchev–Trinajstić information content (AvgIpc) is 2.54. The van der Waals surface area contributed by atoms with Crippen LogP contribution >= 0.6 is 15.9 Å². The number of carbonyl (C=O) groups is 2. The number of methoxy groups -OCH3 is 1. The first kappa shape index (κ1) is 17.0. The number of aliphatic carboxylic acids is 1. The average molecular weight is 378 g/mol. The number of amides is 1. The summed E-state index contributed by atoms with van der Waals surface area (Å²) in [7, 11) is 1.55. The molecule has 120 valence electrons. The largest absolute Gasteiger partial charge is 0.497 e. The minimum Gasteiger partial charge on any atom is -0.497 e. The molecule has 0 aliphatic rings. The van der Waals surface area contributed by atoms with Gasteiger partial charge in [-0.05, 0) is 45.8 Å². The molecule has 5 nitrogen and oxygen atoms in total. The number of carbonyl (C=O) groups excluding carboxylic acids is 1. The van der Waals surface area contributed by atoms with Crippen molar-refractivity contribution in [2.45, 2.75) is 12.5 Å². The highest BCUT2D eigenvalue weighted by Crippen LogP contribution is 2.22. The van der Waals surface area contributed by atoms with Crippen LogP contribution in [0.5, 0.6) is 5.75 Å². The van der Waals surface area contributed by atoms with Crippen LogP contribution in [0, 0.1) is 0 Å². The maximum Gasteiger partial charge on any atom is 0.305 e. The van der Waals surface area contributed by atoms with E-state index in [4.69, 9.17) is 9.84 Å². The standard InChI is InChI=1S/C17H16BrNO4/c1-23-12-8-6-11(7-9-12)15(10-16(20)21)19-17(22)13-4-2-3-5-14(13)18/h2-9,15H,10H2,1H3,(H,19,22)(H,20,21). The molecule has 0 aliphatic heterocycles. The summed E-state index contributed by atoms with van der Waals surface area (Å²) < 4.78 is 5.74. The van der Waals surface area contributed by atoms with Gasteiger partial charge in [0.05, 0.1) is 25.1 Å². The molecule has 23 heavy (non-hydrogen) atoms. The van der Waals surface area contributed by atoms with Gasteiger partial charge in [0.1, 0.15) is 5.75 Å². The van der Waals surface area contributed by atoms with Gasteiger partial charge in [0.2, 0.25) is 0 Å². The van der Waals surface area contributed by atoms with E-state index in [-0.39, 0.29) is 12.3 Å². The summed E-state index contributed by atoms with van der Waals surface area (Å²) in [4.78, 5) is 23.5. The van der Waals surface area contributed by atoms with Gasteiger partial charge in [0.15, 0.2) is 0 Å². The van der Waals surface area contributed by atoms with E-state index in [1.54, 1.807) is 55.6 Å². The first-order valence-corrected chi connectivity index (χ1v) is 7.71. The van der Waals surface area contributed by atoms with Gasteiger partial charge < -0.3 is 15.2 Å². The van der Waals surface area contributed by atoms with E-state index in [0.717, 1.165) is 0 Å². The van der Waals surface area contributed by atoms with Gasteiger partial charge >= 0.3 is 5.97 Å². The smallest absolute Gasteiger partial charge is 0.305 e. The van der Waals surface area contributed by atoms with Crippen LogP contribution in [0.1, 0.15) is 28.4 Å². The fourth-order valence-corrected chi connectivity index (χ4v) is 2.61. The molecule has 2 N–H and O–H groups in total. The lowest BCUT2D eigenvalue weighted by atomic mass is 10.0. The molecule has 2 rings (SSSR count). The van der Waals surface area contributed by atoms with Crippen molar-refractivity contribution in [1.29, 1.82) is 0 Å². The Hall–Kier alpha value is -2.34. The second-order valence-electron chi connectivity index (χ2n) is 4.88. The summed E-state index contributed by atoms with van der Waals surface area (Å²) in [6.45, 7) is 0. The van der Waals surface area contributed by atoms with Crippen molar-refractivity contribution in [3.63, 3.8) is 0 Å². The topological polar surface area (TPSA) is 75.6 Å². The Morgan fingerprint density at radius 1 is 1.17 bits per heavy atom. The van der Waals surface area contributed by atoms with Gasteiger partial charge in [-0.3, -0.25) is 9.59 Å². The molecule has 1 unspecified atom stereocenters. The lowest BCUT2D eigenvalue weighted by Crippen LogP contribution is -2.30. The first-order valence-electron chi connectivity index (χ1n) is 6.92. The Kier molecular flexibility index (Phi) is 5.76. The third-order valence-corrected chi connectivity index (χ3v) is 4.01. The molecule has 0 spiro atoms. The Bertz CT molecular complexity index is 700. The van der Waals surface area contributed by atoms with E-state index >= 15 is 0 Å². The molecule has 1 amide bonds. The van der Waals surface area contributed by atoms with Crippen LogP contribution in [-0.2, 0) is 4.79 Å². The third kappa shape index (κ3) is 4.56. The Morgan fingerprint density at radius 2 is 1.83 bits per heavy atom. The Labute approximate surface area is 142 Å². The third-order valence-electron chi connectivity index (χ3n) is 3.32. The van der Waals surface area contributed by atoms with Gasteiger partial charge in [-0.1, -0.05) is 24.3 Å². The maximum atomic E-state index is 12.4. The van der Waals surface area contributed by atoms with E-state index in [1.165, 1.54) is 0 Å². The molecule has 0 saturated heterocycles. The summed E-state index contributed by atoms with van der Waals surface area (Å²) in [5, 5.41) is 11.9. The molecule has 0 saturated carbocycles. The summed E-state index contributed by atoms with van der Waals surface area (Å²) in [6.07, 6.45) is -0.206. The molecular weight excluding hydrogens is 362 g/mol. The fraction of sp³-hybridized carbons (Fsp3) is 0.176. The number of hydrogen-bond acceptors (Lipinski definition) is 3. The van der Waals surface area contributed by atoms with Crippen LogP contribution in [0.4, 0.5) is 0 Å². The Balaban J connectivity index is 2.23. The van der Waals surface area contributed by atoms with Crippen LogP contribution in [0.25, 0.3) is 0 Å². The van der Waals surface area contributed by atoms with Crippen LogP contribution in [0.3, 0.4) is 0 Å². The predicted octanol–water partition coefficient (Wildman–Crippen LogP) is 3.40. The monoisotopic (exact) mass is 377 g/mol. The van der Waals surface area contributed by atoms with Crippen LogP contribution in [0.15, 0.2) is 53.0 Å². The minimum absolute atomic E-state index is 0.206. The van der Waals surface area contributed by atoms with Crippen molar-refractivity contribution in [2.24, 2.45) is 0 Å². The summed E-state index contributed by atoms with van der Waals surface area (Å²) >= 11 is 3.32. The molecule has 0 aliphatic carbocycles. The number of halogens is 1. The predicted molar refractivity (Wildman–Crippen MR) is 89.6 cm³/mol. The van der Waals surface area contributed by atoms with Gasteiger partial charge in [-0.2, -0.15) is 0 Å². The molecule has 0 heterocycles. The van der Waals surface area contributed by atoms with E-state index in [0.29, 0.717) is 21.3 Å². The number of benzene rings is 2. The van der Waals surface area contributed by atoms with Crippen LogP contribution < -0.4 is 10.1 Å². The zero-order valence-corrected chi connectivity index (χ0v) is 14.0. The van der Waals surface area contributed by atoms with E-state index in [9.17, 15) is 9.59 Å². The number of nitrogens with one attached hydrogen (secondary N) is 1. The van der Waals surface area contributed by atoms with Crippen molar-refractivity contribution in [2.75, 3.05) is 7.11 Å². The zero-order valence-electron chi connectivity index (χ0n) is 12.5. The normalized spacial score (nSPS) is 11.6. The van der Waals surface area contributed by atoms with Gasteiger partial charge in [0, 0.05) is 4.47 Å². The van der Waals surface area contributed by atoms with Crippen LogP contribution in [-0.4, -0.2) is 24.1 Å².